The van der Waals surface area contributed by atoms with Crippen molar-refractivity contribution in [2.75, 3.05) is 0 Å². The zero-order valence-electron chi connectivity index (χ0n) is 28.7. The molecule has 0 bridgehead atoms. The van der Waals surface area contributed by atoms with Crippen LogP contribution in [0.15, 0.2) is 120 Å². The number of furan rings is 1. The lowest BCUT2D eigenvalue weighted by molar-refractivity contribution is 0.620. The third kappa shape index (κ3) is 4.08. The van der Waals surface area contributed by atoms with Gasteiger partial charge in [-0.25, -0.2) is 9.97 Å². The van der Waals surface area contributed by atoms with Gasteiger partial charge in [0.05, 0.1) is 16.6 Å². The summed E-state index contributed by atoms with van der Waals surface area (Å²) in [6.45, 7) is 4.68. The number of benzene rings is 5. The first-order valence-electron chi connectivity index (χ1n) is 18.1. The molecule has 8 aromatic rings. The normalized spacial score (nSPS) is 15.0. The summed E-state index contributed by atoms with van der Waals surface area (Å²) >= 11 is 0. The minimum Gasteiger partial charge on any atom is -0.456 e. The summed E-state index contributed by atoms with van der Waals surface area (Å²) in [6.07, 6.45) is 8.50. The van der Waals surface area contributed by atoms with E-state index in [-0.39, 0.29) is 5.41 Å². The van der Waals surface area contributed by atoms with Gasteiger partial charge in [0, 0.05) is 55.0 Å². The van der Waals surface area contributed by atoms with Crippen LogP contribution in [0.5, 0.6) is 0 Å². The Balaban J connectivity index is 1.03. The maximum atomic E-state index is 6.56. The molecule has 244 valence electrons. The molecule has 0 atom stereocenters. The molecular weight excluding hydrogens is 623 g/mol. The molecule has 3 aromatic heterocycles. The van der Waals surface area contributed by atoms with Crippen molar-refractivity contribution in [2.45, 2.75) is 44.9 Å². The van der Waals surface area contributed by atoms with Crippen LogP contribution < -0.4 is 10.6 Å². The number of nitrogens with zero attached hydrogens (tertiary/aromatic N) is 3. The van der Waals surface area contributed by atoms with E-state index in [4.69, 9.17) is 14.4 Å². The molecule has 0 radical (unpaired) electrons. The second kappa shape index (κ2) is 10.5. The van der Waals surface area contributed by atoms with Crippen LogP contribution >= 0.6 is 0 Å². The standard InChI is InChI=1S/C47H35N3O/c1-47(2)37-15-7-3-11-31(37)32-24-21-29(27-38(32)47)44-35-13-4-8-16-39(35)48-46(49-44)28-19-22-30(23-20-28)50-40-17-9-5-14-36(40)43-41(50)26-25-34-33-12-6-10-18-42(33)51-45(34)43/h3,5-7,9-24,27H,4,8,25-26H2,1-2H3. The molecule has 0 spiro atoms. The summed E-state index contributed by atoms with van der Waals surface area (Å²) in [7, 11) is 0. The van der Waals surface area contributed by atoms with Crippen molar-refractivity contribution in [3.8, 4) is 50.8 Å². The highest BCUT2D eigenvalue weighted by Gasteiger charge is 2.35. The number of para-hydroxylation sites is 2. The van der Waals surface area contributed by atoms with Crippen LogP contribution in [0, 0.1) is 0 Å². The monoisotopic (exact) mass is 657 g/mol. The number of hydrogen-bond acceptors (Lipinski definition) is 3. The molecule has 0 aliphatic heterocycles. The molecule has 0 amide bonds. The smallest absolute Gasteiger partial charge is 0.160 e. The van der Waals surface area contributed by atoms with Gasteiger partial charge in [-0.3, -0.25) is 0 Å². The molecule has 3 aliphatic rings. The first-order valence-corrected chi connectivity index (χ1v) is 18.1. The van der Waals surface area contributed by atoms with Crippen LogP contribution in [0.3, 0.4) is 0 Å². The van der Waals surface area contributed by atoms with Crippen molar-refractivity contribution in [1.82, 2.24) is 14.5 Å². The van der Waals surface area contributed by atoms with E-state index in [1.54, 1.807) is 0 Å². The van der Waals surface area contributed by atoms with Gasteiger partial charge in [0.15, 0.2) is 5.82 Å². The summed E-state index contributed by atoms with van der Waals surface area (Å²) in [4.78, 5) is 10.5. The Morgan fingerprint density at radius 2 is 1.41 bits per heavy atom. The van der Waals surface area contributed by atoms with E-state index in [2.05, 4.69) is 146 Å². The highest BCUT2D eigenvalue weighted by molar-refractivity contribution is 6.02. The molecule has 0 N–H and O–H groups in total. The molecule has 0 unspecified atom stereocenters. The van der Waals surface area contributed by atoms with Crippen LogP contribution in [-0.2, 0) is 18.3 Å². The molecule has 3 heterocycles. The van der Waals surface area contributed by atoms with Crippen molar-refractivity contribution < 1.29 is 4.42 Å². The van der Waals surface area contributed by atoms with E-state index < -0.39 is 0 Å². The molecule has 5 aromatic carbocycles. The van der Waals surface area contributed by atoms with E-state index >= 15 is 0 Å². The Hall–Kier alpha value is -6.00. The molecule has 4 heteroatoms. The van der Waals surface area contributed by atoms with Crippen LogP contribution in [0.2, 0.25) is 0 Å². The topological polar surface area (TPSA) is 43.9 Å². The number of hydrogen-bond donors (Lipinski definition) is 0. The molecule has 11 rings (SSSR count). The minimum absolute atomic E-state index is 0.0721. The van der Waals surface area contributed by atoms with Gasteiger partial charge >= 0.3 is 0 Å². The Morgan fingerprint density at radius 1 is 0.667 bits per heavy atom. The quantitative estimate of drug-likeness (QED) is 0.190. The fourth-order valence-electron chi connectivity index (χ4n) is 9.12. The summed E-state index contributed by atoms with van der Waals surface area (Å²) < 4.78 is 8.99. The van der Waals surface area contributed by atoms with Crippen LogP contribution in [0.1, 0.15) is 49.1 Å². The van der Waals surface area contributed by atoms with Gasteiger partial charge in [0.25, 0.3) is 0 Å². The first kappa shape index (κ1) is 28.8. The molecule has 0 saturated heterocycles. The van der Waals surface area contributed by atoms with Crippen molar-refractivity contribution in [1.29, 1.82) is 0 Å². The van der Waals surface area contributed by atoms with Crippen LogP contribution in [0.25, 0.3) is 84.8 Å². The maximum Gasteiger partial charge on any atom is 0.160 e. The summed E-state index contributed by atoms with van der Waals surface area (Å²) in [6, 6.07) is 41.7. The Morgan fingerprint density at radius 3 is 2.31 bits per heavy atom. The fourth-order valence-corrected chi connectivity index (χ4v) is 9.12. The van der Waals surface area contributed by atoms with Gasteiger partial charge in [-0.2, -0.15) is 0 Å². The predicted molar refractivity (Wildman–Crippen MR) is 207 cm³/mol. The Labute approximate surface area is 296 Å². The second-order valence-electron chi connectivity index (χ2n) is 14.7. The van der Waals surface area contributed by atoms with Gasteiger partial charge < -0.3 is 8.98 Å². The summed E-state index contributed by atoms with van der Waals surface area (Å²) in [5, 5.41) is 4.63. The molecule has 3 aliphatic carbocycles. The van der Waals surface area contributed by atoms with Crippen molar-refractivity contribution in [2.24, 2.45) is 0 Å². The summed E-state index contributed by atoms with van der Waals surface area (Å²) in [5.41, 5.74) is 15.6. The third-order valence-electron chi connectivity index (χ3n) is 11.6. The van der Waals surface area contributed by atoms with Crippen molar-refractivity contribution in [3.05, 3.63) is 148 Å². The zero-order valence-corrected chi connectivity index (χ0v) is 28.7. The molecule has 51 heavy (non-hydrogen) atoms. The maximum absolute atomic E-state index is 6.56. The Kier molecular flexibility index (Phi) is 5.93. The fraction of sp³-hybridized carbons (Fsp3) is 0.149. The zero-order chi connectivity index (χ0) is 33.8. The average molecular weight is 658 g/mol. The largest absolute Gasteiger partial charge is 0.456 e. The van der Waals surface area contributed by atoms with Crippen molar-refractivity contribution >= 4 is 34.0 Å². The lowest BCUT2D eigenvalue weighted by Gasteiger charge is -2.22. The highest BCUT2D eigenvalue weighted by atomic mass is 16.3. The van der Waals surface area contributed by atoms with E-state index in [1.165, 1.54) is 55.4 Å². The van der Waals surface area contributed by atoms with Gasteiger partial charge in [-0.1, -0.05) is 98.8 Å². The number of rotatable bonds is 3. The number of fused-ring (bicyclic) bond motifs is 11. The SMILES string of the molecule is CC1(C)c2ccccc2-c2ccc(-c3nc(-c4ccc(-n5c6c(c7ccccc75)-c5oc7ccccc7c5CC6)cc4)nc4c3=CCCC=4)cc21. The molecule has 0 fully saturated rings. The third-order valence-corrected chi connectivity index (χ3v) is 11.6. The van der Waals surface area contributed by atoms with Crippen LogP contribution in [-0.4, -0.2) is 14.5 Å². The highest BCUT2D eigenvalue weighted by Crippen LogP contribution is 2.49. The van der Waals surface area contributed by atoms with Gasteiger partial charge in [0.2, 0.25) is 0 Å². The molecule has 0 saturated carbocycles. The molecular formula is C47H35N3O. The lowest BCUT2D eigenvalue weighted by Crippen LogP contribution is -2.33. The van der Waals surface area contributed by atoms with E-state index in [0.717, 1.165) is 75.9 Å². The van der Waals surface area contributed by atoms with E-state index in [9.17, 15) is 0 Å². The Bertz CT molecular complexity index is 2890. The molecule has 4 nitrogen and oxygen atoms in total. The predicted octanol–water partition coefficient (Wildman–Crippen LogP) is 9.93. The lowest BCUT2D eigenvalue weighted by atomic mass is 9.82. The van der Waals surface area contributed by atoms with Gasteiger partial charge in [0.1, 0.15) is 11.3 Å². The first-order chi connectivity index (χ1) is 25.0. The average Bonchev–Trinajstić information content (AvgIpc) is 3.80. The summed E-state index contributed by atoms with van der Waals surface area (Å²) in [5.74, 6) is 1.78. The van der Waals surface area contributed by atoms with Gasteiger partial charge in [-0.15, -0.1) is 0 Å². The van der Waals surface area contributed by atoms with E-state index in [1.807, 2.05) is 0 Å². The minimum atomic E-state index is -0.0721. The second-order valence-corrected chi connectivity index (χ2v) is 14.7. The van der Waals surface area contributed by atoms with Crippen molar-refractivity contribution in [3.63, 3.8) is 0 Å². The number of aryl methyl sites for hydroxylation is 1. The van der Waals surface area contributed by atoms with Crippen LogP contribution in [0.4, 0.5) is 0 Å². The van der Waals surface area contributed by atoms with E-state index in [0.29, 0.717) is 0 Å². The number of aromatic nitrogens is 3. The van der Waals surface area contributed by atoms with Gasteiger partial charge in [-0.05, 0) is 90.4 Å².